The lowest BCUT2D eigenvalue weighted by Crippen LogP contribution is -2.32. The molecule has 0 aliphatic rings. The number of carbonyl (C=O) groups excluding carboxylic acids is 1. The molecule has 2 aromatic rings. The lowest BCUT2D eigenvalue weighted by atomic mass is 10.1. The van der Waals surface area contributed by atoms with Crippen molar-refractivity contribution in [1.82, 2.24) is 4.98 Å². The summed E-state index contributed by atoms with van der Waals surface area (Å²) in [4.78, 5) is 30.5. The summed E-state index contributed by atoms with van der Waals surface area (Å²) in [5, 5.41) is 11.9. The number of carbonyl (C=O) groups is 2. The van der Waals surface area contributed by atoms with Crippen LogP contribution in [0.15, 0.2) is 30.3 Å². The standard InChI is InChI=1S/C21H27N3O3/c1-6-9-24(13(2)3)19-11-14(4)10-18(23-19)20(25)22-16-7-8-17(21(26)27)15(5)12-16/h7-8,10-13H,6,9H2,1-5H3,(H,22,25)(H,26,27). The molecule has 1 aromatic carbocycles. The minimum atomic E-state index is -0.986. The third-order valence-corrected chi connectivity index (χ3v) is 4.29. The van der Waals surface area contributed by atoms with E-state index in [1.54, 1.807) is 25.1 Å². The van der Waals surface area contributed by atoms with E-state index < -0.39 is 5.97 Å². The van der Waals surface area contributed by atoms with Crippen molar-refractivity contribution in [2.24, 2.45) is 0 Å². The SMILES string of the molecule is CCCN(c1cc(C)cc(C(=O)Nc2ccc(C(=O)O)c(C)c2)n1)C(C)C. The summed E-state index contributed by atoms with van der Waals surface area (Å²) in [6.45, 7) is 10.8. The van der Waals surface area contributed by atoms with Crippen molar-refractivity contribution < 1.29 is 14.7 Å². The Morgan fingerprint density at radius 2 is 1.89 bits per heavy atom. The van der Waals surface area contributed by atoms with Crippen LogP contribution in [0.2, 0.25) is 0 Å². The molecule has 1 amide bonds. The number of rotatable bonds is 7. The number of nitrogens with zero attached hydrogens (tertiary/aromatic N) is 2. The maximum Gasteiger partial charge on any atom is 0.335 e. The van der Waals surface area contributed by atoms with E-state index >= 15 is 0 Å². The highest BCUT2D eigenvalue weighted by atomic mass is 16.4. The van der Waals surface area contributed by atoms with E-state index in [0.717, 1.165) is 24.3 Å². The molecule has 0 aliphatic carbocycles. The highest BCUT2D eigenvalue weighted by Gasteiger charge is 2.16. The Morgan fingerprint density at radius 3 is 2.44 bits per heavy atom. The largest absolute Gasteiger partial charge is 0.478 e. The molecule has 0 fully saturated rings. The number of carboxylic acid groups (broad SMARTS) is 1. The fourth-order valence-corrected chi connectivity index (χ4v) is 2.97. The molecule has 0 atom stereocenters. The lowest BCUT2D eigenvalue weighted by Gasteiger charge is -2.28. The number of hydrogen-bond donors (Lipinski definition) is 2. The smallest absolute Gasteiger partial charge is 0.335 e. The summed E-state index contributed by atoms with van der Waals surface area (Å²) in [7, 11) is 0. The predicted octanol–water partition coefficient (Wildman–Crippen LogP) is 4.27. The molecule has 2 rings (SSSR count). The van der Waals surface area contributed by atoms with Crippen LogP contribution in [0.25, 0.3) is 0 Å². The van der Waals surface area contributed by atoms with E-state index in [1.165, 1.54) is 6.07 Å². The zero-order valence-electron chi connectivity index (χ0n) is 16.5. The van der Waals surface area contributed by atoms with Crippen LogP contribution in [-0.4, -0.2) is 34.6 Å². The second-order valence-electron chi connectivity index (χ2n) is 6.96. The van der Waals surface area contributed by atoms with Gasteiger partial charge in [0.25, 0.3) is 5.91 Å². The molecule has 144 valence electrons. The molecule has 0 saturated heterocycles. The third kappa shape index (κ3) is 5.06. The number of anilines is 2. The van der Waals surface area contributed by atoms with Crippen molar-refractivity contribution >= 4 is 23.4 Å². The van der Waals surface area contributed by atoms with E-state index in [1.807, 2.05) is 13.0 Å². The Labute approximate surface area is 160 Å². The minimum absolute atomic E-state index is 0.219. The van der Waals surface area contributed by atoms with E-state index in [9.17, 15) is 9.59 Å². The highest BCUT2D eigenvalue weighted by Crippen LogP contribution is 2.20. The lowest BCUT2D eigenvalue weighted by molar-refractivity contribution is 0.0696. The van der Waals surface area contributed by atoms with Gasteiger partial charge in [-0.25, -0.2) is 9.78 Å². The molecule has 27 heavy (non-hydrogen) atoms. The Bertz CT molecular complexity index is 847. The van der Waals surface area contributed by atoms with E-state index in [-0.39, 0.29) is 17.5 Å². The zero-order valence-corrected chi connectivity index (χ0v) is 16.5. The first-order valence-corrected chi connectivity index (χ1v) is 9.13. The number of benzene rings is 1. The van der Waals surface area contributed by atoms with Crippen LogP contribution in [0.1, 0.15) is 59.2 Å². The third-order valence-electron chi connectivity index (χ3n) is 4.29. The Balaban J connectivity index is 2.28. The highest BCUT2D eigenvalue weighted by molar-refractivity contribution is 6.03. The number of carboxylic acids is 1. The normalized spacial score (nSPS) is 10.7. The summed E-state index contributed by atoms with van der Waals surface area (Å²) < 4.78 is 0. The first kappa shape index (κ1) is 20.4. The molecule has 2 N–H and O–H groups in total. The predicted molar refractivity (Wildman–Crippen MR) is 108 cm³/mol. The molecule has 1 heterocycles. The van der Waals surface area contributed by atoms with Crippen LogP contribution in [0.4, 0.5) is 11.5 Å². The van der Waals surface area contributed by atoms with Gasteiger partial charge in [-0.1, -0.05) is 6.92 Å². The van der Waals surface area contributed by atoms with Crippen molar-refractivity contribution in [1.29, 1.82) is 0 Å². The van der Waals surface area contributed by atoms with E-state index in [4.69, 9.17) is 5.11 Å². The quantitative estimate of drug-likeness (QED) is 0.761. The molecule has 0 unspecified atom stereocenters. The Morgan fingerprint density at radius 1 is 1.19 bits per heavy atom. The Hall–Kier alpha value is -2.89. The number of aromatic carboxylic acids is 1. The van der Waals surface area contributed by atoms with E-state index in [2.05, 4.69) is 36.0 Å². The Kier molecular flexibility index (Phi) is 6.55. The molecule has 0 aliphatic heterocycles. The molecule has 1 aromatic heterocycles. The van der Waals surface area contributed by atoms with Gasteiger partial charge in [0.1, 0.15) is 11.5 Å². The molecule has 0 saturated carbocycles. The zero-order chi connectivity index (χ0) is 20.1. The summed E-state index contributed by atoms with van der Waals surface area (Å²) in [6, 6.07) is 8.74. The molecular formula is C21H27N3O3. The molecule has 6 heteroatoms. The van der Waals surface area contributed by atoms with Crippen molar-refractivity contribution in [3.63, 3.8) is 0 Å². The van der Waals surface area contributed by atoms with Crippen LogP contribution in [0, 0.1) is 13.8 Å². The van der Waals surface area contributed by atoms with Gasteiger partial charge in [-0.15, -0.1) is 0 Å². The summed E-state index contributed by atoms with van der Waals surface area (Å²) >= 11 is 0. The maximum absolute atomic E-state index is 12.7. The maximum atomic E-state index is 12.7. The average Bonchev–Trinajstić information content (AvgIpc) is 2.58. The molecule has 0 radical (unpaired) electrons. The van der Waals surface area contributed by atoms with Crippen molar-refractivity contribution in [2.45, 2.75) is 47.1 Å². The van der Waals surface area contributed by atoms with E-state index in [0.29, 0.717) is 16.9 Å². The fourth-order valence-electron chi connectivity index (χ4n) is 2.97. The van der Waals surface area contributed by atoms with Crippen LogP contribution < -0.4 is 10.2 Å². The topological polar surface area (TPSA) is 82.5 Å². The second kappa shape index (κ2) is 8.66. The van der Waals surface area contributed by atoms with Crippen molar-refractivity contribution in [3.05, 3.63) is 52.7 Å². The minimum Gasteiger partial charge on any atom is -0.478 e. The van der Waals surface area contributed by atoms with Gasteiger partial charge in [0.15, 0.2) is 0 Å². The summed E-state index contributed by atoms with van der Waals surface area (Å²) in [6.07, 6.45) is 0.991. The number of amides is 1. The molecule has 0 spiro atoms. The van der Waals surface area contributed by atoms with Gasteiger partial charge in [0.05, 0.1) is 5.56 Å². The van der Waals surface area contributed by atoms with Gasteiger partial charge in [-0.05, 0) is 75.6 Å². The van der Waals surface area contributed by atoms with Gasteiger partial charge in [0.2, 0.25) is 0 Å². The summed E-state index contributed by atoms with van der Waals surface area (Å²) in [5.74, 6) is -0.517. The number of pyridine rings is 1. The number of aryl methyl sites for hydroxylation is 2. The van der Waals surface area contributed by atoms with Crippen LogP contribution in [0.3, 0.4) is 0 Å². The van der Waals surface area contributed by atoms with Gasteiger partial charge in [-0.3, -0.25) is 4.79 Å². The van der Waals surface area contributed by atoms with Gasteiger partial charge in [-0.2, -0.15) is 0 Å². The van der Waals surface area contributed by atoms with Gasteiger partial charge < -0.3 is 15.3 Å². The number of aromatic nitrogens is 1. The monoisotopic (exact) mass is 369 g/mol. The second-order valence-corrected chi connectivity index (χ2v) is 6.96. The first-order chi connectivity index (χ1) is 12.7. The first-order valence-electron chi connectivity index (χ1n) is 9.13. The number of hydrogen-bond acceptors (Lipinski definition) is 4. The van der Waals surface area contributed by atoms with Crippen molar-refractivity contribution in [2.75, 3.05) is 16.8 Å². The fraction of sp³-hybridized carbons (Fsp3) is 0.381. The molecular weight excluding hydrogens is 342 g/mol. The van der Waals surface area contributed by atoms with Crippen LogP contribution in [-0.2, 0) is 0 Å². The van der Waals surface area contributed by atoms with Crippen LogP contribution >= 0.6 is 0 Å². The van der Waals surface area contributed by atoms with Gasteiger partial charge in [0, 0.05) is 18.3 Å². The van der Waals surface area contributed by atoms with Gasteiger partial charge >= 0.3 is 5.97 Å². The molecule has 6 nitrogen and oxygen atoms in total. The molecule has 0 bridgehead atoms. The number of nitrogens with one attached hydrogen (secondary N) is 1. The van der Waals surface area contributed by atoms with Crippen molar-refractivity contribution in [3.8, 4) is 0 Å². The summed E-state index contributed by atoms with van der Waals surface area (Å²) in [5.41, 5.74) is 2.65. The van der Waals surface area contributed by atoms with Crippen LogP contribution in [0.5, 0.6) is 0 Å². The average molecular weight is 369 g/mol.